The third kappa shape index (κ3) is 2.17. The monoisotopic (exact) mass is 317 g/mol. The van der Waals surface area contributed by atoms with Gasteiger partial charge in [-0.3, -0.25) is 0 Å². The number of thioether (sulfide) groups is 1. The molecule has 0 N–H and O–H groups in total. The Morgan fingerprint density at radius 1 is 0.739 bits per heavy atom. The lowest BCUT2D eigenvalue weighted by Gasteiger charge is -2.39. The number of hydrogen-bond acceptors (Lipinski definition) is 2. The van der Waals surface area contributed by atoms with E-state index in [1.807, 2.05) is 11.8 Å². The van der Waals surface area contributed by atoms with Crippen molar-refractivity contribution in [3.8, 4) is 0 Å². The van der Waals surface area contributed by atoms with Crippen LogP contribution in [0.25, 0.3) is 0 Å². The Morgan fingerprint density at radius 3 is 1.83 bits per heavy atom. The molecule has 0 amide bonds. The molecule has 0 bridgehead atoms. The molecular formula is C21H19NS. The first-order chi connectivity index (χ1) is 11.4. The van der Waals surface area contributed by atoms with Crippen LogP contribution in [0, 0.1) is 0 Å². The molecule has 0 saturated heterocycles. The van der Waals surface area contributed by atoms with Crippen molar-refractivity contribution in [2.24, 2.45) is 0 Å². The first kappa shape index (κ1) is 14.4. The number of nitrogens with zero attached hydrogens (tertiary/aromatic N) is 1. The van der Waals surface area contributed by atoms with Gasteiger partial charge in [0, 0.05) is 11.4 Å². The molecule has 0 aromatic heterocycles. The van der Waals surface area contributed by atoms with Gasteiger partial charge >= 0.3 is 0 Å². The van der Waals surface area contributed by atoms with E-state index in [4.69, 9.17) is 0 Å². The highest BCUT2D eigenvalue weighted by molar-refractivity contribution is 8.01. The molecular weight excluding hydrogens is 298 g/mol. The molecule has 23 heavy (non-hydrogen) atoms. The number of rotatable bonds is 3. The number of para-hydroxylation sites is 1. The summed E-state index contributed by atoms with van der Waals surface area (Å²) < 4.78 is 0. The molecule has 0 spiro atoms. The molecule has 0 fully saturated rings. The predicted octanol–water partition coefficient (Wildman–Crippen LogP) is 5.52. The molecule has 0 atom stereocenters. The van der Waals surface area contributed by atoms with E-state index in [1.165, 1.54) is 21.7 Å². The Hall–Kier alpha value is -2.19. The van der Waals surface area contributed by atoms with Gasteiger partial charge in [-0.1, -0.05) is 84.6 Å². The lowest BCUT2D eigenvalue weighted by Crippen LogP contribution is -2.41. The number of hydrogen-bond donors (Lipinski definition) is 0. The van der Waals surface area contributed by atoms with Gasteiger partial charge in [0.05, 0.1) is 5.69 Å². The van der Waals surface area contributed by atoms with Crippen LogP contribution in [0.15, 0.2) is 89.8 Å². The Labute approximate surface area is 142 Å². The summed E-state index contributed by atoms with van der Waals surface area (Å²) in [6.07, 6.45) is 0. The van der Waals surface area contributed by atoms with E-state index in [0.29, 0.717) is 0 Å². The Balaban J connectivity index is 1.99. The lowest BCUT2D eigenvalue weighted by molar-refractivity contribution is 0.682. The maximum Gasteiger partial charge on any atom is 0.142 e. The predicted molar refractivity (Wildman–Crippen MR) is 99.0 cm³/mol. The lowest BCUT2D eigenvalue weighted by atomic mass is 9.95. The molecule has 0 saturated carbocycles. The average molecular weight is 317 g/mol. The van der Waals surface area contributed by atoms with Gasteiger partial charge in [0.2, 0.25) is 0 Å². The summed E-state index contributed by atoms with van der Waals surface area (Å²) in [6, 6.07) is 30.4. The summed E-state index contributed by atoms with van der Waals surface area (Å²) in [6.45, 7) is 3.21. The fourth-order valence-electron chi connectivity index (χ4n) is 3.47. The first-order valence-electron chi connectivity index (χ1n) is 8.03. The molecule has 0 radical (unpaired) electrons. The van der Waals surface area contributed by atoms with Crippen molar-refractivity contribution >= 4 is 17.4 Å². The van der Waals surface area contributed by atoms with Crippen molar-refractivity contribution in [3.63, 3.8) is 0 Å². The largest absolute Gasteiger partial charge is 0.348 e. The number of anilines is 1. The maximum atomic E-state index is 2.53. The molecule has 4 rings (SSSR count). The van der Waals surface area contributed by atoms with Crippen molar-refractivity contribution in [2.75, 3.05) is 11.4 Å². The van der Waals surface area contributed by atoms with Gasteiger partial charge < -0.3 is 4.90 Å². The minimum Gasteiger partial charge on any atom is -0.348 e. The maximum absolute atomic E-state index is 2.53. The molecule has 3 aromatic rings. The van der Waals surface area contributed by atoms with Crippen molar-refractivity contribution in [3.05, 3.63) is 96.1 Å². The zero-order valence-corrected chi connectivity index (χ0v) is 14.0. The average Bonchev–Trinajstić information content (AvgIpc) is 2.98. The van der Waals surface area contributed by atoms with Crippen LogP contribution in [-0.4, -0.2) is 6.54 Å². The number of fused-ring (bicyclic) bond motifs is 1. The highest BCUT2D eigenvalue weighted by Crippen LogP contribution is 2.58. The highest BCUT2D eigenvalue weighted by Gasteiger charge is 2.46. The summed E-state index contributed by atoms with van der Waals surface area (Å²) in [7, 11) is 0. The Kier molecular flexibility index (Phi) is 3.62. The molecule has 0 aliphatic carbocycles. The van der Waals surface area contributed by atoms with E-state index in [1.54, 1.807) is 0 Å². The highest BCUT2D eigenvalue weighted by atomic mass is 32.2. The second kappa shape index (κ2) is 5.78. The smallest absolute Gasteiger partial charge is 0.142 e. The molecule has 1 aliphatic heterocycles. The normalized spacial score (nSPS) is 15.4. The number of benzene rings is 3. The fourth-order valence-corrected chi connectivity index (χ4v) is 5.06. The van der Waals surface area contributed by atoms with E-state index in [9.17, 15) is 0 Å². The minimum absolute atomic E-state index is 0.193. The second-order valence-corrected chi connectivity index (χ2v) is 6.92. The topological polar surface area (TPSA) is 3.24 Å². The fraction of sp³-hybridized carbons (Fsp3) is 0.143. The van der Waals surface area contributed by atoms with Gasteiger partial charge in [0.15, 0.2) is 0 Å². The molecule has 1 aliphatic rings. The van der Waals surface area contributed by atoms with Gasteiger partial charge in [-0.2, -0.15) is 0 Å². The minimum atomic E-state index is -0.193. The van der Waals surface area contributed by atoms with E-state index in [0.717, 1.165) is 6.54 Å². The van der Waals surface area contributed by atoms with Crippen LogP contribution in [0.3, 0.4) is 0 Å². The quantitative estimate of drug-likeness (QED) is 0.626. The van der Waals surface area contributed by atoms with Crippen LogP contribution in [0.2, 0.25) is 0 Å². The summed E-state index contributed by atoms with van der Waals surface area (Å²) in [5.74, 6) is 0. The van der Waals surface area contributed by atoms with Crippen molar-refractivity contribution < 1.29 is 0 Å². The van der Waals surface area contributed by atoms with Crippen LogP contribution >= 0.6 is 11.8 Å². The summed E-state index contributed by atoms with van der Waals surface area (Å²) >= 11 is 1.95. The molecule has 2 heteroatoms. The van der Waals surface area contributed by atoms with Crippen LogP contribution in [0.1, 0.15) is 18.1 Å². The van der Waals surface area contributed by atoms with Crippen LogP contribution in [-0.2, 0) is 4.87 Å². The van der Waals surface area contributed by atoms with E-state index in [-0.39, 0.29) is 4.87 Å². The van der Waals surface area contributed by atoms with Gasteiger partial charge in [-0.25, -0.2) is 0 Å². The van der Waals surface area contributed by atoms with E-state index >= 15 is 0 Å². The molecule has 3 aromatic carbocycles. The van der Waals surface area contributed by atoms with Crippen LogP contribution in [0.4, 0.5) is 5.69 Å². The van der Waals surface area contributed by atoms with Crippen molar-refractivity contribution in [1.29, 1.82) is 0 Å². The third-order valence-corrected chi connectivity index (χ3v) is 5.99. The molecule has 1 nitrogen and oxygen atoms in total. The van der Waals surface area contributed by atoms with E-state index in [2.05, 4.69) is 96.8 Å². The Morgan fingerprint density at radius 2 is 1.26 bits per heavy atom. The summed E-state index contributed by atoms with van der Waals surface area (Å²) in [4.78, 5) is 3.68. The van der Waals surface area contributed by atoms with Crippen molar-refractivity contribution in [2.45, 2.75) is 16.7 Å². The van der Waals surface area contributed by atoms with Gasteiger partial charge in [0.25, 0.3) is 0 Å². The molecule has 1 heterocycles. The second-order valence-electron chi connectivity index (χ2n) is 5.69. The third-order valence-electron chi connectivity index (χ3n) is 4.44. The zero-order valence-electron chi connectivity index (χ0n) is 13.1. The summed E-state index contributed by atoms with van der Waals surface area (Å²) in [5, 5.41) is 0. The van der Waals surface area contributed by atoms with Gasteiger partial charge in [-0.15, -0.1) is 0 Å². The van der Waals surface area contributed by atoms with Gasteiger partial charge in [-0.05, 0) is 30.2 Å². The first-order valence-corrected chi connectivity index (χ1v) is 8.84. The Bertz CT molecular complexity index is 759. The zero-order chi connectivity index (χ0) is 15.7. The van der Waals surface area contributed by atoms with Crippen LogP contribution < -0.4 is 4.90 Å². The SMILES string of the molecule is CCN1c2ccccc2SC1(c1ccccc1)c1ccccc1. The standard InChI is InChI=1S/C21H19NS/c1-2-22-19-15-9-10-16-20(19)23-21(22,17-11-5-3-6-12-17)18-13-7-4-8-14-18/h3-16H,2H2,1H3. The van der Waals surface area contributed by atoms with Gasteiger partial charge in [0.1, 0.15) is 4.87 Å². The summed E-state index contributed by atoms with van der Waals surface area (Å²) in [5.41, 5.74) is 3.98. The van der Waals surface area contributed by atoms with Crippen LogP contribution in [0.5, 0.6) is 0 Å². The molecule has 114 valence electrons. The van der Waals surface area contributed by atoms with Crippen molar-refractivity contribution in [1.82, 2.24) is 0 Å². The molecule has 0 unspecified atom stereocenters. The van der Waals surface area contributed by atoms with E-state index < -0.39 is 0 Å².